The maximum absolute atomic E-state index is 12.5. The second-order valence-electron chi connectivity index (χ2n) is 4.79. The van der Waals surface area contributed by atoms with Crippen molar-refractivity contribution >= 4 is 57.9 Å². The molecule has 2 aromatic carbocycles. The molecule has 5 nitrogen and oxygen atoms in total. The number of amides is 3. The number of nitrogens with zero attached hydrogens (tertiary/aromatic N) is 1. The van der Waals surface area contributed by atoms with Gasteiger partial charge in [-0.1, -0.05) is 29.8 Å². The van der Waals surface area contributed by atoms with Crippen LogP contribution in [0, 0.1) is 3.57 Å². The van der Waals surface area contributed by atoms with Crippen LogP contribution in [0.3, 0.4) is 0 Å². The highest BCUT2D eigenvalue weighted by atomic mass is 127. The molecule has 0 atom stereocenters. The largest absolute Gasteiger partial charge is 0.506 e. The number of carbonyl (C=O) groups is 2. The van der Waals surface area contributed by atoms with Gasteiger partial charge in [-0.3, -0.25) is 4.79 Å². The van der Waals surface area contributed by atoms with Crippen molar-refractivity contribution in [2.24, 2.45) is 0 Å². The molecule has 0 unspecified atom stereocenters. The quantitative estimate of drug-likeness (QED) is 0.425. The summed E-state index contributed by atoms with van der Waals surface area (Å²) < 4.78 is 0.554. The Labute approximate surface area is 150 Å². The van der Waals surface area contributed by atoms with Crippen molar-refractivity contribution < 1.29 is 14.7 Å². The fourth-order valence-electron chi connectivity index (χ4n) is 2.20. The van der Waals surface area contributed by atoms with E-state index in [1.165, 1.54) is 12.1 Å². The standard InChI is InChI=1S/C16H10ClIN2O3/c17-10-6-9(14(21)12(18)8-10)7-13-15(22)20(16(23)19-13)11-4-2-1-3-5-11/h1-8,21H,(H,19,23)/b13-7-. The van der Waals surface area contributed by atoms with Crippen LogP contribution in [0.4, 0.5) is 10.5 Å². The molecule has 0 bridgehead atoms. The Kier molecular flexibility index (Phi) is 4.27. The van der Waals surface area contributed by atoms with Crippen molar-refractivity contribution in [3.63, 3.8) is 0 Å². The van der Waals surface area contributed by atoms with E-state index in [1.54, 1.807) is 36.4 Å². The van der Waals surface area contributed by atoms with Gasteiger partial charge in [0.2, 0.25) is 0 Å². The van der Waals surface area contributed by atoms with Crippen LogP contribution < -0.4 is 10.2 Å². The Balaban J connectivity index is 2.00. The normalized spacial score (nSPS) is 16.1. The Morgan fingerprint density at radius 3 is 2.57 bits per heavy atom. The molecule has 7 heteroatoms. The van der Waals surface area contributed by atoms with Gasteiger partial charge in [-0.25, -0.2) is 9.69 Å². The number of benzene rings is 2. The number of rotatable bonds is 2. The average Bonchev–Trinajstić information content (AvgIpc) is 2.79. The molecule has 2 aromatic rings. The number of halogens is 2. The van der Waals surface area contributed by atoms with Gasteiger partial charge in [0, 0.05) is 10.6 Å². The fraction of sp³-hybridized carbons (Fsp3) is 0. The highest BCUT2D eigenvalue weighted by Gasteiger charge is 2.34. The first kappa shape index (κ1) is 15.8. The van der Waals surface area contributed by atoms with E-state index in [2.05, 4.69) is 5.32 Å². The summed E-state index contributed by atoms with van der Waals surface area (Å²) in [5.41, 5.74) is 0.913. The summed E-state index contributed by atoms with van der Waals surface area (Å²) in [4.78, 5) is 25.6. The Morgan fingerprint density at radius 1 is 1.17 bits per heavy atom. The lowest BCUT2D eigenvalue weighted by atomic mass is 10.1. The summed E-state index contributed by atoms with van der Waals surface area (Å²) in [7, 11) is 0. The first-order valence-electron chi connectivity index (χ1n) is 6.57. The van der Waals surface area contributed by atoms with E-state index in [4.69, 9.17) is 11.6 Å². The number of nitrogens with one attached hydrogen (secondary N) is 1. The monoisotopic (exact) mass is 440 g/mol. The molecule has 3 amide bonds. The van der Waals surface area contributed by atoms with Gasteiger partial charge in [0.15, 0.2) is 0 Å². The van der Waals surface area contributed by atoms with Crippen molar-refractivity contribution in [2.45, 2.75) is 0 Å². The lowest BCUT2D eigenvalue weighted by Gasteiger charge is -2.10. The number of phenolic OH excluding ortho intramolecular Hbond substituents is 1. The Morgan fingerprint density at radius 2 is 1.87 bits per heavy atom. The molecule has 116 valence electrons. The molecule has 0 spiro atoms. The number of para-hydroxylation sites is 1. The van der Waals surface area contributed by atoms with Gasteiger partial charge in [0.05, 0.1) is 9.26 Å². The third-order valence-corrected chi connectivity index (χ3v) is 4.29. The summed E-state index contributed by atoms with van der Waals surface area (Å²) in [6, 6.07) is 11.2. The summed E-state index contributed by atoms with van der Waals surface area (Å²) in [6.45, 7) is 0. The van der Waals surface area contributed by atoms with Crippen LogP contribution >= 0.6 is 34.2 Å². The molecule has 2 N–H and O–H groups in total. The molecular weight excluding hydrogens is 431 g/mol. The number of hydrogen-bond acceptors (Lipinski definition) is 3. The fourth-order valence-corrected chi connectivity index (χ4v) is 3.26. The van der Waals surface area contributed by atoms with E-state index in [1.807, 2.05) is 22.6 Å². The smallest absolute Gasteiger partial charge is 0.333 e. The second kappa shape index (κ2) is 6.21. The highest BCUT2D eigenvalue weighted by molar-refractivity contribution is 14.1. The molecule has 1 heterocycles. The van der Waals surface area contributed by atoms with E-state index in [0.717, 1.165) is 4.90 Å². The van der Waals surface area contributed by atoms with Gasteiger partial charge in [-0.15, -0.1) is 0 Å². The number of carbonyl (C=O) groups excluding carboxylic acids is 2. The van der Waals surface area contributed by atoms with Crippen LogP contribution in [0.1, 0.15) is 5.56 Å². The van der Waals surface area contributed by atoms with Gasteiger partial charge in [0.1, 0.15) is 11.4 Å². The number of imide groups is 1. The highest BCUT2D eigenvalue weighted by Crippen LogP contribution is 2.31. The van der Waals surface area contributed by atoms with Gasteiger partial charge in [0.25, 0.3) is 5.91 Å². The SMILES string of the molecule is O=C1N/C(=C\c2cc(Cl)cc(I)c2O)C(=O)N1c1ccccc1. The van der Waals surface area contributed by atoms with Crippen LogP contribution in [-0.4, -0.2) is 17.0 Å². The number of anilines is 1. The molecule has 1 saturated heterocycles. The lowest BCUT2D eigenvalue weighted by molar-refractivity contribution is -0.113. The Hall–Kier alpha value is -2.06. The maximum atomic E-state index is 12.5. The average molecular weight is 441 g/mol. The van der Waals surface area contributed by atoms with Gasteiger partial charge >= 0.3 is 6.03 Å². The Bertz CT molecular complexity index is 837. The third kappa shape index (κ3) is 3.04. The maximum Gasteiger partial charge on any atom is 0.333 e. The van der Waals surface area contributed by atoms with Crippen LogP contribution in [0.15, 0.2) is 48.2 Å². The molecule has 1 aliphatic heterocycles. The van der Waals surface area contributed by atoms with E-state index in [9.17, 15) is 14.7 Å². The summed E-state index contributed by atoms with van der Waals surface area (Å²) in [5, 5.41) is 13.0. The zero-order valence-corrected chi connectivity index (χ0v) is 14.5. The molecule has 0 saturated carbocycles. The zero-order valence-electron chi connectivity index (χ0n) is 11.6. The van der Waals surface area contributed by atoms with Crippen LogP contribution in [0.5, 0.6) is 5.75 Å². The molecule has 0 aromatic heterocycles. The van der Waals surface area contributed by atoms with Gasteiger partial charge in [-0.05, 0) is 52.9 Å². The predicted molar refractivity (Wildman–Crippen MR) is 96.3 cm³/mol. The summed E-state index contributed by atoms with van der Waals surface area (Å²) in [6.07, 6.45) is 1.41. The number of aromatic hydroxyl groups is 1. The predicted octanol–water partition coefficient (Wildman–Crippen LogP) is 3.75. The zero-order chi connectivity index (χ0) is 16.6. The molecule has 0 radical (unpaired) electrons. The third-order valence-electron chi connectivity index (χ3n) is 3.25. The van der Waals surface area contributed by atoms with E-state index < -0.39 is 11.9 Å². The second-order valence-corrected chi connectivity index (χ2v) is 6.39. The molecule has 23 heavy (non-hydrogen) atoms. The van der Waals surface area contributed by atoms with Crippen molar-refractivity contribution in [3.05, 3.63) is 62.3 Å². The van der Waals surface area contributed by atoms with Crippen molar-refractivity contribution in [3.8, 4) is 5.75 Å². The van der Waals surface area contributed by atoms with Crippen LogP contribution in [0.2, 0.25) is 5.02 Å². The first-order chi connectivity index (χ1) is 11.0. The molecular formula is C16H10ClIN2O3. The lowest BCUT2D eigenvalue weighted by Crippen LogP contribution is -2.30. The summed E-state index contributed by atoms with van der Waals surface area (Å²) in [5.74, 6) is -0.488. The molecule has 3 rings (SSSR count). The first-order valence-corrected chi connectivity index (χ1v) is 8.03. The van der Waals surface area contributed by atoms with Crippen LogP contribution in [-0.2, 0) is 4.79 Å². The van der Waals surface area contributed by atoms with E-state index in [0.29, 0.717) is 19.8 Å². The number of urea groups is 1. The van der Waals surface area contributed by atoms with Crippen molar-refractivity contribution in [1.82, 2.24) is 5.32 Å². The molecule has 1 fully saturated rings. The number of hydrogen-bond donors (Lipinski definition) is 2. The minimum absolute atomic E-state index is 0.00251. The number of phenols is 1. The van der Waals surface area contributed by atoms with Crippen molar-refractivity contribution in [1.29, 1.82) is 0 Å². The topological polar surface area (TPSA) is 69.6 Å². The van der Waals surface area contributed by atoms with Gasteiger partial charge in [-0.2, -0.15) is 0 Å². The van der Waals surface area contributed by atoms with E-state index in [-0.39, 0.29) is 11.4 Å². The minimum atomic E-state index is -0.538. The molecule has 1 aliphatic rings. The van der Waals surface area contributed by atoms with Crippen LogP contribution in [0.25, 0.3) is 6.08 Å². The van der Waals surface area contributed by atoms with Gasteiger partial charge < -0.3 is 10.4 Å². The van der Waals surface area contributed by atoms with Crippen molar-refractivity contribution in [2.75, 3.05) is 4.90 Å². The minimum Gasteiger partial charge on any atom is -0.506 e. The summed E-state index contributed by atoms with van der Waals surface area (Å²) >= 11 is 7.91. The molecule has 0 aliphatic carbocycles. The van der Waals surface area contributed by atoms with E-state index >= 15 is 0 Å².